The molecule has 166 valence electrons. The van der Waals surface area contributed by atoms with Crippen LogP contribution in [-0.2, 0) is 21.2 Å². The summed E-state index contributed by atoms with van der Waals surface area (Å²) in [4.78, 5) is 12.6. The fourth-order valence-electron chi connectivity index (χ4n) is 3.44. The summed E-state index contributed by atoms with van der Waals surface area (Å²) in [6.07, 6.45) is 0.226. The Morgan fingerprint density at radius 1 is 0.727 bits per heavy atom. The molecule has 0 saturated carbocycles. The molecular formula is C27H24N2O3S. The van der Waals surface area contributed by atoms with E-state index < -0.39 is 10.0 Å². The Kier molecular flexibility index (Phi) is 6.56. The summed E-state index contributed by atoms with van der Waals surface area (Å²) in [6.45, 7) is 1.84. The molecule has 0 heterocycles. The minimum Gasteiger partial charge on any atom is -0.326 e. The highest BCUT2D eigenvalue weighted by Gasteiger charge is 2.15. The van der Waals surface area contributed by atoms with E-state index in [-0.39, 0.29) is 17.2 Å². The molecule has 0 bridgehead atoms. The van der Waals surface area contributed by atoms with E-state index in [9.17, 15) is 13.2 Å². The number of benzene rings is 4. The van der Waals surface area contributed by atoms with Gasteiger partial charge in [-0.05, 0) is 59.5 Å². The molecule has 4 rings (SSSR count). The molecule has 0 aliphatic heterocycles. The number of amides is 1. The van der Waals surface area contributed by atoms with Crippen molar-refractivity contribution in [2.24, 2.45) is 0 Å². The number of sulfonamides is 1. The predicted octanol–water partition coefficient (Wildman–Crippen LogP) is 5.64. The molecule has 6 heteroatoms. The van der Waals surface area contributed by atoms with E-state index in [1.54, 1.807) is 24.3 Å². The van der Waals surface area contributed by atoms with Crippen LogP contribution >= 0.6 is 0 Å². The van der Waals surface area contributed by atoms with E-state index in [2.05, 4.69) is 10.0 Å². The van der Waals surface area contributed by atoms with E-state index in [1.807, 2.05) is 73.7 Å². The van der Waals surface area contributed by atoms with Crippen LogP contribution in [0.2, 0.25) is 0 Å². The Morgan fingerprint density at radius 3 is 2.00 bits per heavy atom. The molecule has 4 aromatic carbocycles. The number of carbonyl (C=O) groups excluding carboxylic acids is 1. The zero-order chi connectivity index (χ0) is 23.3. The van der Waals surface area contributed by atoms with Crippen LogP contribution in [0.25, 0.3) is 11.1 Å². The van der Waals surface area contributed by atoms with Crippen molar-refractivity contribution in [3.63, 3.8) is 0 Å². The van der Waals surface area contributed by atoms with Gasteiger partial charge in [0.25, 0.3) is 10.0 Å². The average Bonchev–Trinajstić information content (AvgIpc) is 2.82. The Hall–Kier alpha value is -3.90. The van der Waals surface area contributed by atoms with Crippen molar-refractivity contribution >= 4 is 27.3 Å². The fourth-order valence-corrected chi connectivity index (χ4v) is 4.58. The lowest BCUT2D eigenvalue weighted by Crippen LogP contribution is -2.15. The summed E-state index contributed by atoms with van der Waals surface area (Å²) < 4.78 is 27.9. The Bertz CT molecular complexity index is 1350. The summed E-state index contributed by atoms with van der Waals surface area (Å²) in [5.41, 5.74) is 5.02. The third-order valence-corrected chi connectivity index (χ3v) is 6.64. The molecule has 4 aromatic rings. The van der Waals surface area contributed by atoms with Crippen LogP contribution in [-0.4, -0.2) is 14.3 Å². The standard InChI is InChI=1S/C27H24N2O3S/c1-20-7-5-6-10-26(20)29-33(31,32)25-17-15-24(16-18-25)28-27(30)19-21-11-13-23(14-12-21)22-8-3-2-4-9-22/h2-18,29H,19H2,1H3,(H,28,30). The van der Waals surface area contributed by atoms with Crippen LogP contribution < -0.4 is 10.0 Å². The van der Waals surface area contributed by atoms with Gasteiger partial charge in [0.1, 0.15) is 0 Å². The van der Waals surface area contributed by atoms with Gasteiger partial charge < -0.3 is 5.32 Å². The molecule has 0 atom stereocenters. The maximum atomic E-state index is 12.7. The van der Waals surface area contributed by atoms with Crippen molar-refractivity contribution in [2.45, 2.75) is 18.2 Å². The molecule has 0 aromatic heterocycles. The number of hydrogen-bond acceptors (Lipinski definition) is 3. The first-order valence-corrected chi connectivity index (χ1v) is 12.0. The van der Waals surface area contributed by atoms with Gasteiger partial charge in [0.2, 0.25) is 5.91 Å². The molecule has 0 aliphatic carbocycles. The van der Waals surface area contributed by atoms with Gasteiger partial charge in [-0.1, -0.05) is 72.8 Å². The minimum atomic E-state index is -3.72. The maximum Gasteiger partial charge on any atom is 0.261 e. The van der Waals surface area contributed by atoms with E-state index in [1.165, 1.54) is 12.1 Å². The number of aryl methyl sites for hydroxylation is 1. The topological polar surface area (TPSA) is 75.3 Å². The third kappa shape index (κ3) is 5.67. The summed E-state index contributed by atoms with van der Waals surface area (Å²) in [6, 6.07) is 31.2. The minimum absolute atomic E-state index is 0.125. The molecule has 0 saturated heterocycles. The first-order chi connectivity index (χ1) is 15.9. The van der Waals surface area contributed by atoms with E-state index in [4.69, 9.17) is 0 Å². The van der Waals surface area contributed by atoms with E-state index in [0.717, 1.165) is 22.3 Å². The van der Waals surface area contributed by atoms with Crippen LogP contribution in [0.15, 0.2) is 108 Å². The van der Waals surface area contributed by atoms with Crippen molar-refractivity contribution in [1.29, 1.82) is 0 Å². The molecule has 0 fully saturated rings. The SMILES string of the molecule is Cc1ccccc1NS(=O)(=O)c1ccc(NC(=O)Cc2ccc(-c3ccccc3)cc2)cc1. The summed E-state index contributed by atoms with van der Waals surface area (Å²) in [5.74, 6) is -0.170. The number of para-hydroxylation sites is 1. The lowest BCUT2D eigenvalue weighted by Gasteiger charge is -2.11. The van der Waals surface area contributed by atoms with Gasteiger partial charge >= 0.3 is 0 Å². The van der Waals surface area contributed by atoms with Crippen LogP contribution in [0.1, 0.15) is 11.1 Å². The highest BCUT2D eigenvalue weighted by molar-refractivity contribution is 7.92. The second-order valence-electron chi connectivity index (χ2n) is 7.73. The van der Waals surface area contributed by atoms with Crippen LogP contribution in [0, 0.1) is 6.92 Å². The van der Waals surface area contributed by atoms with Crippen molar-refractivity contribution in [1.82, 2.24) is 0 Å². The summed E-state index contributed by atoms with van der Waals surface area (Å²) in [5, 5.41) is 2.82. The number of anilines is 2. The van der Waals surface area contributed by atoms with Gasteiger partial charge in [-0.2, -0.15) is 0 Å². The number of nitrogens with one attached hydrogen (secondary N) is 2. The maximum absolute atomic E-state index is 12.7. The molecule has 5 nitrogen and oxygen atoms in total. The normalized spacial score (nSPS) is 11.1. The summed E-state index contributed by atoms with van der Waals surface area (Å²) in [7, 11) is -3.72. The Morgan fingerprint density at radius 2 is 1.33 bits per heavy atom. The largest absolute Gasteiger partial charge is 0.326 e. The monoisotopic (exact) mass is 456 g/mol. The molecule has 0 radical (unpaired) electrons. The van der Waals surface area contributed by atoms with Crippen molar-refractivity contribution in [2.75, 3.05) is 10.0 Å². The van der Waals surface area contributed by atoms with Gasteiger partial charge in [-0.15, -0.1) is 0 Å². The lowest BCUT2D eigenvalue weighted by molar-refractivity contribution is -0.115. The van der Waals surface area contributed by atoms with Gasteiger partial charge in [-0.25, -0.2) is 8.42 Å². The number of hydrogen-bond donors (Lipinski definition) is 2. The molecule has 33 heavy (non-hydrogen) atoms. The third-order valence-electron chi connectivity index (χ3n) is 5.26. The highest BCUT2D eigenvalue weighted by atomic mass is 32.2. The van der Waals surface area contributed by atoms with Gasteiger partial charge in [0.15, 0.2) is 0 Å². The van der Waals surface area contributed by atoms with Crippen LogP contribution in [0.4, 0.5) is 11.4 Å². The van der Waals surface area contributed by atoms with Crippen LogP contribution in [0.3, 0.4) is 0 Å². The predicted molar refractivity (Wildman–Crippen MR) is 133 cm³/mol. The highest BCUT2D eigenvalue weighted by Crippen LogP contribution is 2.22. The quantitative estimate of drug-likeness (QED) is 0.378. The Labute approximate surface area is 194 Å². The first-order valence-electron chi connectivity index (χ1n) is 10.5. The second-order valence-corrected chi connectivity index (χ2v) is 9.42. The molecule has 2 N–H and O–H groups in total. The second kappa shape index (κ2) is 9.71. The first kappa shape index (κ1) is 22.3. The molecule has 0 aliphatic rings. The zero-order valence-corrected chi connectivity index (χ0v) is 19.0. The molecule has 1 amide bonds. The van der Waals surface area contributed by atoms with E-state index >= 15 is 0 Å². The van der Waals surface area contributed by atoms with Crippen molar-refractivity contribution < 1.29 is 13.2 Å². The smallest absolute Gasteiger partial charge is 0.261 e. The lowest BCUT2D eigenvalue weighted by atomic mass is 10.0. The van der Waals surface area contributed by atoms with Crippen molar-refractivity contribution in [3.05, 3.63) is 114 Å². The van der Waals surface area contributed by atoms with Gasteiger partial charge in [-0.3, -0.25) is 9.52 Å². The molecular weight excluding hydrogens is 432 g/mol. The Balaban J connectivity index is 1.37. The van der Waals surface area contributed by atoms with Crippen molar-refractivity contribution in [3.8, 4) is 11.1 Å². The summed E-state index contributed by atoms with van der Waals surface area (Å²) >= 11 is 0. The van der Waals surface area contributed by atoms with E-state index in [0.29, 0.717) is 11.4 Å². The fraction of sp³-hybridized carbons (Fsp3) is 0.0741. The number of rotatable bonds is 7. The average molecular weight is 457 g/mol. The molecule has 0 spiro atoms. The number of carbonyl (C=O) groups is 1. The van der Waals surface area contributed by atoms with Gasteiger partial charge in [0, 0.05) is 5.69 Å². The van der Waals surface area contributed by atoms with Crippen LogP contribution in [0.5, 0.6) is 0 Å². The zero-order valence-electron chi connectivity index (χ0n) is 18.2. The molecule has 0 unspecified atom stereocenters. The van der Waals surface area contributed by atoms with Gasteiger partial charge in [0.05, 0.1) is 17.0 Å².